The highest BCUT2D eigenvalue weighted by Gasteiger charge is 2.26. The molecule has 0 aliphatic heterocycles. The minimum absolute atomic E-state index is 0.0638. The highest BCUT2D eigenvalue weighted by Crippen LogP contribution is 2.20. The summed E-state index contributed by atoms with van der Waals surface area (Å²) >= 11 is 0. The maximum absolute atomic E-state index is 14.0. The van der Waals surface area contributed by atoms with Crippen molar-refractivity contribution in [1.82, 2.24) is 9.62 Å². The molecule has 1 fully saturated rings. The first-order valence-corrected chi connectivity index (χ1v) is 9.80. The van der Waals surface area contributed by atoms with Crippen molar-refractivity contribution < 1.29 is 27.1 Å². The van der Waals surface area contributed by atoms with E-state index in [-0.39, 0.29) is 10.9 Å². The van der Waals surface area contributed by atoms with Crippen molar-refractivity contribution in [1.29, 1.82) is 0 Å². The topological polar surface area (TPSA) is 92.8 Å². The largest absolute Gasteiger partial charge is 0.449 e. The van der Waals surface area contributed by atoms with E-state index in [0.717, 1.165) is 48.2 Å². The van der Waals surface area contributed by atoms with Gasteiger partial charge in [-0.1, -0.05) is 12.8 Å². The van der Waals surface area contributed by atoms with Gasteiger partial charge in [-0.15, -0.1) is 0 Å². The molecule has 0 spiro atoms. The van der Waals surface area contributed by atoms with Crippen LogP contribution in [0.25, 0.3) is 0 Å². The lowest BCUT2D eigenvalue weighted by molar-refractivity contribution is -0.129. The molecule has 0 aromatic heterocycles. The molecular weight excluding hydrogens is 363 g/mol. The van der Waals surface area contributed by atoms with Gasteiger partial charge < -0.3 is 10.1 Å². The zero-order valence-electron chi connectivity index (χ0n) is 15.0. The van der Waals surface area contributed by atoms with E-state index in [1.54, 1.807) is 0 Å². The molecular formula is C17H23FN2O5S. The summed E-state index contributed by atoms with van der Waals surface area (Å²) in [5.41, 5.74) is -0.534. The fourth-order valence-corrected chi connectivity index (χ4v) is 3.63. The monoisotopic (exact) mass is 386 g/mol. The van der Waals surface area contributed by atoms with Crippen LogP contribution >= 0.6 is 0 Å². The molecule has 1 amide bonds. The van der Waals surface area contributed by atoms with E-state index >= 15 is 0 Å². The number of benzene rings is 1. The van der Waals surface area contributed by atoms with Crippen molar-refractivity contribution in [2.75, 3.05) is 14.1 Å². The van der Waals surface area contributed by atoms with Crippen LogP contribution in [-0.2, 0) is 19.6 Å². The number of hydrogen-bond acceptors (Lipinski definition) is 5. The van der Waals surface area contributed by atoms with E-state index in [1.807, 2.05) is 0 Å². The Labute approximate surface area is 152 Å². The van der Waals surface area contributed by atoms with Gasteiger partial charge in [-0.05, 0) is 38.0 Å². The highest BCUT2D eigenvalue weighted by atomic mass is 32.2. The van der Waals surface area contributed by atoms with E-state index in [4.69, 9.17) is 4.74 Å². The van der Waals surface area contributed by atoms with Crippen LogP contribution in [0.3, 0.4) is 0 Å². The number of hydrogen-bond donors (Lipinski definition) is 1. The van der Waals surface area contributed by atoms with Crippen molar-refractivity contribution in [2.45, 2.75) is 49.6 Å². The Bertz CT molecular complexity index is 788. The summed E-state index contributed by atoms with van der Waals surface area (Å²) < 4.78 is 44.2. The van der Waals surface area contributed by atoms with E-state index in [1.165, 1.54) is 21.0 Å². The number of nitrogens with zero attached hydrogens (tertiary/aromatic N) is 1. The molecule has 7 nitrogen and oxygen atoms in total. The van der Waals surface area contributed by atoms with Gasteiger partial charge >= 0.3 is 5.97 Å². The molecule has 0 radical (unpaired) electrons. The number of carbonyl (C=O) groups excluding carboxylic acids is 2. The summed E-state index contributed by atoms with van der Waals surface area (Å²) in [7, 11) is -1.18. The molecule has 0 unspecified atom stereocenters. The zero-order valence-corrected chi connectivity index (χ0v) is 15.8. The number of ether oxygens (including phenoxy) is 1. The van der Waals surface area contributed by atoms with Gasteiger partial charge in [-0.2, -0.15) is 0 Å². The molecule has 26 heavy (non-hydrogen) atoms. The molecule has 0 saturated heterocycles. The fourth-order valence-electron chi connectivity index (χ4n) is 2.70. The summed E-state index contributed by atoms with van der Waals surface area (Å²) in [5.74, 6) is -2.47. The lowest BCUT2D eigenvalue weighted by atomic mass is 10.2. The third kappa shape index (κ3) is 4.59. The molecule has 9 heteroatoms. The van der Waals surface area contributed by atoms with Gasteiger partial charge in [0.05, 0.1) is 10.5 Å². The van der Waals surface area contributed by atoms with Crippen LogP contribution in [0.15, 0.2) is 23.1 Å². The smallest absolute Gasteiger partial charge is 0.341 e. The maximum atomic E-state index is 14.0. The van der Waals surface area contributed by atoms with Crippen LogP contribution in [0.4, 0.5) is 4.39 Å². The van der Waals surface area contributed by atoms with Gasteiger partial charge in [-0.3, -0.25) is 4.79 Å². The lowest BCUT2D eigenvalue weighted by Gasteiger charge is -2.17. The third-order valence-electron chi connectivity index (χ3n) is 4.29. The van der Waals surface area contributed by atoms with E-state index in [2.05, 4.69) is 5.32 Å². The van der Waals surface area contributed by atoms with Gasteiger partial charge in [0.1, 0.15) is 5.82 Å². The minimum atomic E-state index is -3.83. The Morgan fingerprint density at radius 1 is 1.27 bits per heavy atom. The molecule has 1 aliphatic carbocycles. The van der Waals surface area contributed by atoms with E-state index in [9.17, 15) is 22.4 Å². The second-order valence-electron chi connectivity index (χ2n) is 6.47. The zero-order chi connectivity index (χ0) is 19.5. The second kappa shape index (κ2) is 8.13. The van der Waals surface area contributed by atoms with E-state index < -0.39 is 39.4 Å². The van der Waals surface area contributed by atoms with Crippen LogP contribution in [0.5, 0.6) is 0 Å². The summed E-state index contributed by atoms with van der Waals surface area (Å²) in [6.45, 7) is 1.39. The average molecular weight is 386 g/mol. The number of carbonyl (C=O) groups is 2. The van der Waals surface area contributed by atoms with Crippen molar-refractivity contribution in [3.05, 3.63) is 29.6 Å². The molecule has 1 atom stereocenters. The van der Waals surface area contributed by atoms with Crippen LogP contribution in [0, 0.1) is 5.82 Å². The second-order valence-corrected chi connectivity index (χ2v) is 8.62. The molecule has 1 aromatic rings. The summed E-state index contributed by atoms with van der Waals surface area (Å²) in [4.78, 5) is 24.1. The Morgan fingerprint density at radius 3 is 2.46 bits per heavy atom. The van der Waals surface area contributed by atoms with Crippen LogP contribution in [-0.4, -0.2) is 50.8 Å². The molecule has 2 rings (SSSR count). The fraction of sp³-hybridized carbons (Fsp3) is 0.529. The first kappa shape index (κ1) is 20.3. The third-order valence-corrected chi connectivity index (χ3v) is 6.10. The summed E-state index contributed by atoms with van der Waals surface area (Å²) in [5, 5.41) is 2.79. The predicted octanol–water partition coefficient (Wildman–Crippen LogP) is 1.68. The van der Waals surface area contributed by atoms with Crippen molar-refractivity contribution in [3.63, 3.8) is 0 Å². The Hall–Kier alpha value is -2.00. The van der Waals surface area contributed by atoms with Crippen LogP contribution in [0.2, 0.25) is 0 Å². The molecule has 1 saturated carbocycles. The first-order chi connectivity index (χ1) is 12.1. The quantitative estimate of drug-likeness (QED) is 0.751. The normalized spacial score (nSPS) is 16.5. The first-order valence-electron chi connectivity index (χ1n) is 8.36. The van der Waals surface area contributed by atoms with Crippen molar-refractivity contribution in [2.24, 2.45) is 0 Å². The van der Waals surface area contributed by atoms with Crippen molar-refractivity contribution >= 4 is 21.9 Å². The number of rotatable bonds is 6. The van der Waals surface area contributed by atoms with Gasteiger partial charge in [0, 0.05) is 20.1 Å². The van der Waals surface area contributed by atoms with Gasteiger partial charge in [0.2, 0.25) is 10.0 Å². The standard InChI is InChI=1S/C17H23FN2O5S/c1-11(16(21)19-12-6-4-5-7-12)25-17(22)14-10-13(8-9-15(14)18)26(23,24)20(2)3/h8-12H,4-7H2,1-3H3,(H,19,21)/t11-/m1/s1. The predicted molar refractivity (Wildman–Crippen MR) is 92.5 cm³/mol. The number of esters is 1. The molecule has 0 heterocycles. The lowest BCUT2D eigenvalue weighted by Crippen LogP contribution is -2.41. The molecule has 0 bridgehead atoms. The van der Waals surface area contributed by atoms with E-state index in [0.29, 0.717) is 0 Å². The Kier molecular flexibility index (Phi) is 6.35. The van der Waals surface area contributed by atoms with Crippen LogP contribution < -0.4 is 5.32 Å². The number of sulfonamides is 1. The number of nitrogens with one attached hydrogen (secondary N) is 1. The van der Waals surface area contributed by atoms with Crippen molar-refractivity contribution in [3.8, 4) is 0 Å². The maximum Gasteiger partial charge on any atom is 0.341 e. The Balaban J connectivity index is 2.12. The molecule has 1 aliphatic rings. The highest BCUT2D eigenvalue weighted by molar-refractivity contribution is 7.89. The van der Waals surface area contributed by atoms with Crippen LogP contribution in [0.1, 0.15) is 43.0 Å². The van der Waals surface area contributed by atoms with Gasteiger partial charge in [0.25, 0.3) is 5.91 Å². The number of halogens is 1. The molecule has 1 aromatic carbocycles. The minimum Gasteiger partial charge on any atom is -0.449 e. The summed E-state index contributed by atoms with van der Waals surface area (Å²) in [6, 6.07) is 2.93. The number of amides is 1. The average Bonchev–Trinajstić information content (AvgIpc) is 3.07. The van der Waals surface area contributed by atoms with Gasteiger partial charge in [-0.25, -0.2) is 21.9 Å². The Morgan fingerprint density at radius 2 is 1.88 bits per heavy atom. The summed E-state index contributed by atoms with van der Waals surface area (Å²) in [6.07, 6.45) is 2.72. The molecule has 144 valence electrons. The van der Waals surface area contributed by atoms with Gasteiger partial charge in [0.15, 0.2) is 6.10 Å². The SMILES string of the molecule is C[C@@H](OC(=O)c1cc(S(=O)(=O)N(C)C)ccc1F)C(=O)NC1CCCC1. The molecule has 1 N–H and O–H groups in total.